The van der Waals surface area contributed by atoms with Crippen LogP contribution in [0.25, 0.3) is 0 Å². The lowest BCUT2D eigenvalue weighted by Gasteiger charge is -2.26. The van der Waals surface area contributed by atoms with E-state index in [9.17, 15) is 0 Å². The van der Waals surface area contributed by atoms with Gasteiger partial charge in [0.2, 0.25) is 0 Å². The van der Waals surface area contributed by atoms with Crippen molar-refractivity contribution < 1.29 is 0 Å². The van der Waals surface area contributed by atoms with Crippen molar-refractivity contribution in [1.82, 2.24) is 5.32 Å². The zero-order valence-corrected chi connectivity index (χ0v) is 11.7. The van der Waals surface area contributed by atoms with Crippen molar-refractivity contribution in [3.8, 4) is 0 Å². The summed E-state index contributed by atoms with van der Waals surface area (Å²) in [6, 6.07) is 8.19. The molecule has 1 aromatic carbocycles. The number of benzene rings is 1. The highest BCUT2D eigenvalue weighted by Gasteiger charge is 2.20. The second-order valence-electron chi connectivity index (χ2n) is 3.81. The summed E-state index contributed by atoms with van der Waals surface area (Å²) >= 11 is 15.1. The fraction of sp³-hybridized carbons (Fsp3) is 0.455. The molecule has 1 rings (SSSR count). The predicted molar refractivity (Wildman–Crippen MR) is 70.8 cm³/mol. The average Bonchev–Trinajstić information content (AvgIpc) is 2.28. The van der Waals surface area contributed by atoms with Gasteiger partial charge >= 0.3 is 0 Å². The third-order valence-electron chi connectivity index (χ3n) is 2.22. The predicted octanol–water partition coefficient (Wildman–Crippen LogP) is 3.78. The molecular weight excluding hydrogens is 297 g/mol. The average molecular weight is 311 g/mol. The van der Waals surface area contributed by atoms with Crippen molar-refractivity contribution in [3.05, 3.63) is 34.3 Å². The van der Waals surface area contributed by atoms with Crippen LogP contribution in [0, 0.1) is 0 Å². The molecule has 1 aromatic rings. The molecule has 0 amide bonds. The molecule has 0 radical (unpaired) electrons. The smallest absolute Gasteiger partial charge is 0.0427 e. The first-order valence-corrected chi connectivity index (χ1v) is 6.57. The Bertz CT molecular complexity index is 296. The van der Waals surface area contributed by atoms with Gasteiger partial charge in [0.15, 0.2) is 0 Å². The monoisotopic (exact) mass is 309 g/mol. The summed E-state index contributed by atoms with van der Waals surface area (Å²) in [5.74, 6) is 1.01. The molecular formula is C11H14BrCl2N. The molecule has 0 unspecified atom stereocenters. The fourth-order valence-corrected chi connectivity index (χ4v) is 1.79. The van der Waals surface area contributed by atoms with Crippen molar-refractivity contribution in [2.45, 2.75) is 19.0 Å². The van der Waals surface area contributed by atoms with Gasteiger partial charge in [-0.15, -0.1) is 23.2 Å². The van der Waals surface area contributed by atoms with Crippen LogP contribution in [-0.2, 0) is 6.54 Å². The van der Waals surface area contributed by atoms with Crippen molar-refractivity contribution in [1.29, 1.82) is 0 Å². The third-order valence-corrected chi connectivity index (χ3v) is 3.93. The van der Waals surface area contributed by atoms with Gasteiger partial charge in [-0.1, -0.05) is 28.1 Å². The summed E-state index contributed by atoms with van der Waals surface area (Å²) in [7, 11) is 0. The molecule has 0 saturated carbocycles. The van der Waals surface area contributed by atoms with Crippen LogP contribution >= 0.6 is 39.1 Å². The maximum Gasteiger partial charge on any atom is 0.0427 e. The molecule has 1 N–H and O–H groups in total. The second-order valence-corrected chi connectivity index (χ2v) is 5.26. The van der Waals surface area contributed by atoms with Crippen LogP contribution in [0.15, 0.2) is 28.7 Å². The molecule has 4 heteroatoms. The van der Waals surface area contributed by atoms with Gasteiger partial charge in [-0.2, -0.15) is 0 Å². The number of rotatable bonds is 5. The van der Waals surface area contributed by atoms with Gasteiger partial charge in [0.1, 0.15) is 0 Å². The lowest BCUT2D eigenvalue weighted by molar-refractivity contribution is 0.435. The summed E-state index contributed by atoms with van der Waals surface area (Å²) in [6.45, 7) is 2.80. The van der Waals surface area contributed by atoms with Crippen LogP contribution in [0.1, 0.15) is 12.5 Å². The third kappa shape index (κ3) is 4.31. The summed E-state index contributed by atoms with van der Waals surface area (Å²) in [5, 5.41) is 3.35. The van der Waals surface area contributed by atoms with E-state index in [0.717, 1.165) is 11.0 Å². The number of hydrogen-bond donors (Lipinski definition) is 1. The Morgan fingerprint density at radius 2 is 1.73 bits per heavy atom. The molecule has 0 aromatic heterocycles. The van der Waals surface area contributed by atoms with Crippen LogP contribution in [0.3, 0.4) is 0 Å². The van der Waals surface area contributed by atoms with E-state index in [1.54, 1.807) is 0 Å². The summed E-state index contributed by atoms with van der Waals surface area (Å²) in [6.07, 6.45) is 0. The van der Waals surface area contributed by atoms with Gasteiger partial charge in [-0.05, 0) is 24.6 Å². The Balaban J connectivity index is 2.53. The second kappa shape index (κ2) is 6.09. The molecule has 0 heterocycles. The van der Waals surface area contributed by atoms with E-state index < -0.39 is 0 Å². The summed E-state index contributed by atoms with van der Waals surface area (Å²) < 4.78 is 1.09. The Morgan fingerprint density at radius 1 is 1.20 bits per heavy atom. The normalized spacial score (nSPS) is 11.7. The highest BCUT2D eigenvalue weighted by molar-refractivity contribution is 9.10. The van der Waals surface area contributed by atoms with Crippen molar-refractivity contribution in [2.24, 2.45) is 0 Å². The number of halogens is 3. The first-order valence-electron chi connectivity index (χ1n) is 4.71. The van der Waals surface area contributed by atoms with E-state index >= 15 is 0 Å². The van der Waals surface area contributed by atoms with Gasteiger partial charge in [0.05, 0.1) is 0 Å². The van der Waals surface area contributed by atoms with E-state index in [-0.39, 0.29) is 5.54 Å². The van der Waals surface area contributed by atoms with Crippen LogP contribution in [0.4, 0.5) is 0 Å². The molecule has 0 saturated heterocycles. The first-order chi connectivity index (χ1) is 7.09. The van der Waals surface area contributed by atoms with Gasteiger partial charge in [-0.25, -0.2) is 0 Å². The van der Waals surface area contributed by atoms with Gasteiger partial charge < -0.3 is 5.32 Å². The topological polar surface area (TPSA) is 12.0 Å². The first kappa shape index (κ1) is 13.3. The standard InChI is InChI=1S/C11H14BrCl2N/c1-11(7-13,8-14)15-6-9-2-4-10(12)5-3-9/h2-5,15H,6-8H2,1H3. The highest BCUT2D eigenvalue weighted by Crippen LogP contribution is 2.13. The Labute approximate surface area is 109 Å². The quantitative estimate of drug-likeness (QED) is 0.816. The van der Waals surface area contributed by atoms with Crippen molar-refractivity contribution >= 4 is 39.1 Å². The molecule has 0 spiro atoms. The van der Waals surface area contributed by atoms with Crippen LogP contribution in [-0.4, -0.2) is 17.3 Å². The molecule has 15 heavy (non-hydrogen) atoms. The van der Waals surface area contributed by atoms with Crippen molar-refractivity contribution in [2.75, 3.05) is 11.8 Å². The van der Waals surface area contributed by atoms with Gasteiger partial charge in [0.25, 0.3) is 0 Å². The van der Waals surface area contributed by atoms with E-state index in [2.05, 4.69) is 33.4 Å². The van der Waals surface area contributed by atoms with E-state index in [0.29, 0.717) is 11.8 Å². The Kier molecular flexibility index (Phi) is 5.41. The van der Waals surface area contributed by atoms with Crippen LogP contribution in [0.5, 0.6) is 0 Å². The van der Waals surface area contributed by atoms with Crippen LogP contribution in [0.2, 0.25) is 0 Å². The van der Waals surface area contributed by atoms with Crippen LogP contribution < -0.4 is 5.32 Å². The molecule has 0 bridgehead atoms. The molecule has 1 nitrogen and oxygen atoms in total. The molecule has 0 aliphatic heterocycles. The maximum absolute atomic E-state index is 5.85. The van der Waals surface area contributed by atoms with E-state index in [1.807, 2.05) is 19.1 Å². The van der Waals surface area contributed by atoms with Crippen molar-refractivity contribution in [3.63, 3.8) is 0 Å². The zero-order chi connectivity index (χ0) is 11.3. The maximum atomic E-state index is 5.85. The molecule has 84 valence electrons. The van der Waals surface area contributed by atoms with Gasteiger partial charge in [-0.3, -0.25) is 0 Å². The summed E-state index contributed by atoms with van der Waals surface area (Å²) in [4.78, 5) is 0. The minimum atomic E-state index is -0.198. The SMILES string of the molecule is CC(CCl)(CCl)NCc1ccc(Br)cc1. The number of hydrogen-bond acceptors (Lipinski definition) is 1. The largest absolute Gasteiger partial charge is 0.305 e. The zero-order valence-electron chi connectivity index (χ0n) is 8.56. The Morgan fingerprint density at radius 3 is 2.20 bits per heavy atom. The van der Waals surface area contributed by atoms with Gasteiger partial charge in [0, 0.05) is 28.3 Å². The van der Waals surface area contributed by atoms with E-state index in [4.69, 9.17) is 23.2 Å². The molecule has 0 aliphatic carbocycles. The fourth-order valence-electron chi connectivity index (χ4n) is 1.05. The minimum absolute atomic E-state index is 0.198. The molecule has 0 atom stereocenters. The number of alkyl halides is 2. The Hall–Kier alpha value is 0.240. The minimum Gasteiger partial charge on any atom is -0.305 e. The lowest BCUT2D eigenvalue weighted by Crippen LogP contribution is -2.45. The molecule has 0 aliphatic rings. The number of nitrogens with one attached hydrogen (secondary N) is 1. The van der Waals surface area contributed by atoms with E-state index in [1.165, 1.54) is 5.56 Å². The molecule has 0 fully saturated rings. The summed E-state index contributed by atoms with van der Waals surface area (Å²) in [5.41, 5.74) is 1.02. The lowest BCUT2D eigenvalue weighted by atomic mass is 10.1. The highest BCUT2D eigenvalue weighted by atomic mass is 79.9.